The van der Waals surface area contributed by atoms with E-state index in [0.717, 1.165) is 10.6 Å². The van der Waals surface area contributed by atoms with Crippen molar-refractivity contribution in [1.82, 2.24) is 19.3 Å². The number of sulfonamides is 1. The number of fused-ring (bicyclic) bond motifs is 2. The van der Waals surface area contributed by atoms with Gasteiger partial charge in [0.05, 0.1) is 5.69 Å². The van der Waals surface area contributed by atoms with Crippen molar-refractivity contribution in [3.05, 3.63) is 34.5 Å². The van der Waals surface area contributed by atoms with E-state index in [1.807, 2.05) is 13.8 Å². The summed E-state index contributed by atoms with van der Waals surface area (Å²) >= 11 is 1.40. The number of hydrogen-bond donors (Lipinski definition) is 1. The molecule has 3 aromatic rings. The van der Waals surface area contributed by atoms with Gasteiger partial charge < -0.3 is 9.47 Å². The molecule has 2 aromatic heterocycles. The lowest BCUT2D eigenvalue weighted by molar-refractivity contribution is 0.174. The minimum atomic E-state index is -3.78. The first-order chi connectivity index (χ1) is 12.3. The topological polar surface area (TPSA) is 94.8 Å². The van der Waals surface area contributed by atoms with Crippen LogP contribution in [0.2, 0.25) is 0 Å². The molecule has 0 saturated heterocycles. The highest BCUT2D eigenvalue weighted by Crippen LogP contribution is 2.32. The minimum absolute atomic E-state index is 0.0800. The van der Waals surface area contributed by atoms with Gasteiger partial charge in [0.2, 0.25) is 11.8 Å². The number of nitrogens with one attached hydrogen (secondary N) is 1. The van der Waals surface area contributed by atoms with E-state index in [9.17, 15) is 8.42 Å². The van der Waals surface area contributed by atoms with E-state index < -0.39 is 10.0 Å². The van der Waals surface area contributed by atoms with Gasteiger partial charge >= 0.3 is 0 Å². The molecule has 0 aliphatic carbocycles. The summed E-state index contributed by atoms with van der Waals surface area (Å²) in [6.07, 6.45) is 0. The van der Waals surface area contributed by atoms with E-state index in [0.29, 0.717) is 22.2 Å². The highest BCUT2D eigenvalue weighted by Gasteiger charge is 2.26. The molecule has 0 saturated carbocycles. The average molecular weight is 394 g/mol. The predicted octanol–water partition coefficient (Wildman–Crippen LogP) is 2.43. The van der Waals surface area contributed by atoms with Crippen LogP contribution in [0.25, 0.3) is 4.96 Å². The van der Waals surface area contributed by atoms with Gasteiger partial charge in [0, 0.05) is 12.5 Å². The maximum absolute atomic E-state index is 12.9. The molecule has 0 bridgehead atoms. The van der Waals surface area contributed by atoms with Gasteiger partial charge in [-0.2, -0.15) is 9.61 Å². The molecule has 0 fully saturated rings. The second kappa shape index (κ2) is 6.22. The summed E-state index contributed by atoms with van der Waals surface area (Å²) in [4.78, 5) is 4.93. The van der Waals surface area contributed by atoms with E-state index in [2.05, 4.69) is 14.8 Å². The maximum atomic E-state index is 12.9. The molecule has 10 heteroatoms. The van der Waals surface area contributed by atoms with Crippen LogP contribution < -0.4 is 14.2 Å². The van der Waals surface area contributed by atoms with Crippen molar-refractivity contribution >= 4 is 26.3 Å². The van der Waals surface area contributed by atoms with Crippen LogP contribution in [0.1, 0.15) is 36.0 Å². The highest BCUT2D eigenvalue weighted by atomic mass is 32.2. The van der Waals surface area contributed by atoms with Gasteiger partial charge in [-0.25, -0.2) is 18.1 Å². The standard InChI is InChI=1S/C16H18N4O4S2/c1-9(2)14-19-20-15(10(3)18-16(20)25-14)26(21,22)17-7-11-4-5-12-13(6-11)24-8-23-12/h4-6,9,17H,7-8H2,1-3H3. The number of benzene rings is 1. The SMILES string of the molecule is Cc1nc2sc(C(C)C)nn2c1S(=O)(=O)NCc1ccc2c(c1)OCO2. The molecular formula is C16H18N4O4S2. The quantitative estimate of drug-likeness (QED) is 0.714. The van der Waals surface area contributed by atoms with E-state index >= 15 is 0 Å². The smallest absolute Gasteiger partial charge is 0.260 e. The Morgan fingerprint density at radius 2 is 2.08 bits per heavy atom. The second-order valence-electron chi connectivity index (χ2n) is 6.30. The zero-order valence-corrected chi connectivity index (χ0v) is 16.1. The summed E-state index contributed by atoms with van der Waals surface area (Å²) < 4.78 is 40.3. The Morgan fingerprint density at radius 1 is 1.31 bits per heavy atom. The molecular weight excluding hydrogens is 376 g/mol. The third-order valence-electron chi connectivity index (χ3n) is 3.99. The first-order valence-corrected chi connectivity index (χ1v) is 10.4. The Kier molecular flexibility index (Phi) is 4.13. The molecule has 0 amide bonds. The van der Waals surface area contributed by atoms with Crippen LogP contribution in [0.4, 0.5) is 0 Å². The zero-order chi connectivity index (χ0) is 18.5. The molecule has 1 aromatic carbocycles. The zero-order valence-electron chi connectivity index (χ0n) is 14.5. The van der Waals surface area contributed by atoms with Crippen molar-refractivity contribution in [2.45, 2.75) is 38.3 Å². The molecule has 138 valence electrons. The second-order valence-corrected chi connectivity index (χ2v) is 8.97. The molecule has 8 nitrogen and oxygen atoms in total. The predicted molar refractivity (Wildman–Crippen MR) is 96.3 cm³/mol. The Morgan fingerprint density at radius 3 is 2.85 bits per heavy atom. The summed E-state index contributed by atoms with van der Waals surface area (Å²) in [5, 5.41) is 5.35. The number of hydrogen-bond acceptors (Lipinski definition) is 7. The number of aromatic nitrogens is 3. The first-order valence-electron chi connectivity index (χ1n) is 8.09. The summed E-state index contributed by atoms with van der Waals surface area (Å²) in [5.74, 6) is 1.48. The van der Waals surface area contributed by atoms with Crippen LogP contribution in [0.15, 0.2) is 23.2 Å². The van der Waals surface area contributed by atoms with Crippen LogP contribution in [0.5, 0.6) is 11.5 Å². The monoisotopic (exact) mass is 394 g/mol. The molecule has 1 aliphatic heterocycles. The third-order valence-corrected chi connectivity index (χ3v) is 6.70. The van der Waals surface area contributed by atoms with Gasteiger partial charge in [0.25, 0.3) is 10.0 Å². The number of aryl methyl sites for hydroxylation is 1. The molecule has 1 N–H and O–H groups in total. The fourth-order valence-corrected chi connectivity index (χ4v) is 4.97. The fourth-order valence-electron chi connectivity index (χ4n) is 2.68. The third kappa shape index (κ3) is 2.93. The van der Waals surface area contributed by atoms with Crippen molar-refractivity contribution in [3.8, 4) is 11.5 Å². The normalized spacial score (nSPS) is 13.8. The lowest BCUT2D eigenvalue weighted by atomic mass is 10.2. The number of imidazole rings is 1. The maximum Gasteiger partial charge on any atom is 0.260 e. The number of rotatable bonds is 5. The molecule has 0 atom stereocenters. The van der Waals surface area contributed by atoms with E-state index in [1.54, 1.807) is 25.1 Å². The van der Waals surface area contributed by atoms with Crippen molar-refractivity contribution in [2.75, 3.05) is 6.79 Å². The minimum Gasteiger partial charge on any atom is -0.454 e. The molecule has 0 spiro atoms. The summed E-state index contributed by atoms with van der Waals surface area (Å²) in [5.41, 5.74) is 1.20. The molecule has 0 radical (unpaired) electrons. The van der Waals surface area contributed by atoms with Gasteiger partial charge in [-0.15, -0.1) is 0 Å². The molecule has 0 unspecified atom stereocenters. The molecule has 1 aliphatic rings. The van der Waals surface area contributed by atoms with Crippen molar-refractivity contribution < 1.29 is 17.9 Å². The highest BCUT2D eigenvalue weighted by molar-refractivity contribution is 7.89. The van der Waals surface area contributed by atoms with Gasteiger partial charge in [-0.3, -0.25) is 0 Å². The number of ether oxygens (including phenoxy) is 2. The summed E-state index contributed by atoms with van der Waals surface area (Å²) in [6, 6.07) is 5.33. The summed E-state index contributed by atoms with van der Waals surface area (Å²) in [6.45, 7) is 6.01. The van der Waals surface area contributed by atoms with Crippen LogP contribution in [-0.2, 0) is 16.6 Å². The van der Waals surface area contributed by atoms with Gasteiger partial charge in [-0.05, 0) is 24.6 Å². The Labute approximate surface area is 154 Å². The van der Waals surface area contributed by atoms with Crippen molar-refractivity contribution in [1.29, 1.82) is 0 Å². The van der Waals surface area contributed by atoms with E-state index in [4.69, 9.17) is 9.47 Å². The van der Waals surface area contributed by atoms with Crippen LogP contribution in [0.3, 0.4) is 0 Å². The van der Waals surface area contributed by atoms with Gasteiger partial charge in [0.15, 0.2) is 16.5 Å². The fraction of sp³-hybridized carbons (Fsp3) is 0.375. The van der Waals surface area contributed by atoms with Crippen LogP contribution in [0, 0.1) is 6.92 Å². The molecule has 3 heterocycles. The first kappa shape index (κ1) is 17.3. The van der Waals surface area contributed by atoms with Crippen LogP contribution >= 0.6 is 11.3 Å². The van der Waals surface area contributed by atoms with Crippen molar-refractivity contribution in [3.63, 3.8) is 0 Å². The average Bonchev–Trinajstić information content (AvgIpc) is 3.25. The largest absolute Gasteiger partial charge is 0.454 e. The molecule has 26 heavy (non-hydrogen) atoms. The van der Waals surface area contributed by atoms with E-state index in [1.165, 1.54) is 15.9 Å². The Balaban J connectivity index is 1.62. The van der Waals surface area contributed by atoms with Gasteiger partial charge in [-0.1, -0.05) is 31.3 Å². The lowest BCUT2D eigenvalue weighted by Gasteiger charge is -2.07. The van der Waals surface area contributed by atoms with Crippen LogP contribution in [-0.4, -0.2) is 29.8 Å². The summed E-state index contributed by atoms with van der Waals surface area (Å²) in [7, 11) is -3.78. The van der Waals surface area contributed by atoms with Crippen molar-refractivity contribution in [2.24, 2.45) is 0 Å². The Hall–Kier alpha value is -2.17. The lowest BCUT2D eigenvalue weighted by Crippen LogP contribution is -2.25. The molecule has 4 rings (SSSR count). The van der Waals surface area contributed by atoms with Gasteiger partial charge in [0.1, 0.15) is 5.01 Å². The van der Waals surface area contributed by atoms with E-state index in [-0.39, 0.29) is 24.3 Å². The Bertz CT molecular complexity index is 1090. The number of nitrogens with zero attached hydrogens (tertiary/aromatic N) is 3.